The lowest BCUT2D eigenvalue weighted by atomic mass is 9.81. The minimum Gasteiger partial charge on any atom is -0.328 e. The maximum atomic E-state index is 11.3. The third kappa shape index (κ3) is 3.30. The Labute approximate surface area is 97.7 Å². The predicted molar refractivity (Wildman–Crippen MR) is 64.7 cm³/mol. The van der Waals surface area contributed by atoms with E-state index < -0.39 is 15.4 Å². The molecular weight excluding hydrogens is 226 g/mol. The highest BCUT2D eigenvalue weighted by Crippen LogP contribution is 2.35. The summed E-state index contributed by atoms with van der Waals surface area (Å²) in [5, 5.41) is -0.679. The highest BCUT2D eigenvalue weighted by Gasteiger charge is 2.36. The zero-order valence-electron chi connectivity index (χ0n) is 10.1. The van der Waals surface area contributed by atoms with Gasteiger partial charge in [-0.05, 0) is 46.0 Å². The van der Waals surface area contributed by atoms with E-state index in [0.717, 1.165) is 12.0 Å². The molecule has 0 heterocycles. The number of hydrogen-bond acceptors (Lipinski definition) is 3. The van der Waals surface area contributed by atoms with Crippen molar-refractivity contribution < 1.29 is 13.0 Å². The lowest BCUT2D eigenvalue weighted by Gasteiger charge is -2.32. The van der Waals surface area contributed by atoms with Gasteiger partial charge in [-0.25, -0.2) is 0 Å². The molecule has 0 saturated carbocycles. The Morgan fingerprint density at radius 3 is 2.31 bits per heavy atom. The molecule has 4 nitrogen and oxygen atoms in total. The highest BCUT2D eigenvalue weighted by molar-refractivity contribution is 7.86. The summed E-state index contributed by atoms with van der Waals surface area (Å²) in [6.45, 7) is 5.81. The van der Waals surface area contributed by atoms with Crippen LogP contribution in [0.5, 0.6) is 0 Å². The van der Waals surface area contributed by atoms with Crippen LogP contribution in [0.2, 0.25) is 0 Å². The zero-order valence-corrected chi connectivity index (χ0v) is 10.9. The van der Waals surface area contributed by atoms with Gasteiger partial charge in [-0.2, -0.15) is 8.42 Å². The van der Waals surface area contributed by atoms with Crippen molar-refractivity contribution in [3.8, 4) is 0 Å². The number of nitrogens with two attached hydrogens (primary N) is 1. The van der Waals surface area contributed by atoms with E-state index in [1.54, 1.807) is 0 Å². The second kappa shape index (κ2) is 4.85. The van der Waals surface area contributed by atoms with Crippen molar-refractivity contribution in [2.75, 3.05) is 0 Å². The molecule has 1 aliphatic rings. The van der Waals surface area contributed by atoms with Gasteiger partial charge in [-0.1, -0.05) is 11.1 Å². The average Bonchev–Trinajstić information content (AvgIpc) is 2.08. The molecule has 3 unspecified atom stereocenters. The summed E-state index contributed by atoms with van der Waals surface area (Å²) in [7, 11) is -3.97. The van der Waals surface area contributed by atoms with E-state index in [1.807, 2.05) is 20.8 Å². The van der Waals surface area contributed by atoms with Gasteiger partial charge in [0, 0.05) is 6.04 Å². The van der Waals surface area contributed by atoms with Crippen LogP contribution in [-0.2, 0) is 10.1 Å². The maximum Gasteiger partial charge on any atom is 0.268 e. The first-order chi connectivity index (χ1) is 7.21. The van der Waals surface area contributed by atoms with Gasteiger partial charge < -0.3 is 5.73 Å². The van der Waals surface area contributed by atoms with E-state index in [2.05, 4.69) is 0 Å². The van der Waals surface area contributed by atoms with E-state index in [-0.39, 0.29) is 12.0 Å². The molecule has 0 aromatic carbocycles. The van der Waals surface area contributed by atoms with E-state index in [4.69, 9.17) is 5.73 Å². The molecule has 0 bridgehead atoms. The van der Waals surface area contributed by atoms with Crippen LogP contribution in [0.1, 0.15) is 40.0 Å². The van der Waals surface area contributed by atoms with Crippen LogP contribution in [0.15, 0.2) is 11.1 Å². The molecule has 0 saturated heterocycles. The molecule has 3 atom stereocenters. The fourth-order valence-electron chi connectivity index (χ4n) is 2.40. The standard InChI is InChI=1S/C11H21NO3S/c1-7-4-10(6-9(3)12)11(5-8(7)2)16(13,14)15/h9-11H,4-6,12H2,1-3H3,(H,13,14,15). The Hall–Kier alpha value is -0.390. The minimum atomic E-state index is -3.97. The quantitative estimate of drug-likeness (QED) is 0.588. The van der Waals surface area contributed by atoms with Crippen molar-refractivity contribution >= 4 is 10.1 Å². The van der Waals surface area contributed by atoms with Gasteiger partial charge in [0.05, 0.1) is 5.25 Å². The van der Waals surface area contributed by atoms with Crippen molar-refractivity contribution in [3.05, 3.63) is 11.1 Å². The minimum absolute atomic E-state index is 0.0412. The molecule has 0 aromatic rings. The first kappa shape index (κ1) is 13.7. The van der Waals surface area contributed by atoms with Crippen molar-refractivity contribution in [3.63, 3.8) is 0 Å². The van der Waals surface area contributed by atoms with Gasteiger partial charge in [0.25, 0.3) is 10.1 Å². The van der Waals surface area contributed by atoms with Crippen LogP contribution in [0.25, 0.3) is 0 Å². The van der Waals surface area contributed by atoms with Gasteiger partial charge in [0.15, 0.2) is 0 Å². The van der Waals surface area contributed by atoms with Crippen molar-refractivity contribution in [2.45, 2.75) is 51.3 Å². The fourth-order valence-corrected chi connectivity index (χ4v) is 3.56. The van der Waals surface area contributed by atoms with Crippen LogP contribution in [0, 0.1) is 5.92 Å². The van der Waals surface area contributed by atoms with E-state index in [0.29, 0.717) is 12.8 Å². The Kier molecular flexibility index (Phi) is 4.15. The van der Waals surface area contributed by atoms with Gasteiger partial charge in [-0.15, -0.1) is 0 Å². The van der Waals surface area contributed by atoms with Crippen molar-refractivity contribution in [2.24, 2.45) is 11.7 Å². The van der Waals surface area contributed by atoms with Crippen LogP contribution < -0.4 is 5.73 Å². The predicted octanol–water partition coefficient (Wildman–Crippen LogP) is 1.73. The first-order valence-electron chi connectivity index (χ1n) is 5.59. The molecule has 0 aliphatic heterocycles. The zero-order chi connectivity index (χ0) is 12.5. The third-order valence-electron chi connectivity index (χ3n) is 3.39. The Morgan fingerprint density at radius 2 is 1.88 bits per heavy atom. The number of hydrogen-bond donors (Lipinski definition) is 2. The van der Waals surface area contributed by atoms with Crippen LogP contribution >= 0.6 is 0 Å². The topological polar surface area (TPSA) is 80.4 Å². The molecule has 0 radical (unpaired) electrons. The second-order valence-corrected chi connectivity index (χ2v) is 6.63. The molecule has 1 rings (SSSR count). The first-order valence-corrected chi connectivity index (χ1v) is 7.09. The molecule has 94 valence electrons. The molecule has 16 heavy (non-hydrogen) atoms. The molecule has 0 amide bonds. The van der Waals surface area contributed by atoms with Gasteiger partial charge >= 0.3 is 0 Å². The monoisotopic (exact) mass is 247 g/mol. The van der Waals surface area contributed by atoms with Crippen LogP contribution in [0.3, 0.4) is 0 Å². The SMILES string of the molecule is CC1=C(C)CC(S(=O)(=O)O)C(CC(C)N)C1. The maximum absolute atomic E-state index is 11.3. The second-order valence-electron chi connectivity index (χ2n) is 5.00. The third-order valence-corrected chi connectivity index (χ3v) is 4.70. The van der Waals surface area contributed by atoms with E-state index >= 15 is 0 Å². The Bertz CT molecular complexity index is 384. The largest absolute Gasteiger partial charge is 0.328 e. The number of allylic oxidation sites excluding steroid dienone is 2. The molecule has 0 spiro atoms. The summed E-state index contributed by atoms with van der Waals surface area (Å²) in [5.74, 6) is -0.0568. The molecule has 0 aromatic heterocycles. The lowest BCUT2D eigenvalue weighted by molar-refractivity contribution is 0.367. The number of rotatable bonds is 3. The fraction of sp³-hybridized carbons (Fsp3) is 0.818. The summed E-state index contributed by atoms with van der Waals surface area (Å²) in [6, 6.07) is -0.0412. The van der Waals surface area contributed by atoms with Crippen molar-refractivity contribution in [1.29, 1.82) is 0 Å². The molecular formula is C11H21NO3S. The Balaban J connectivity index is 2.95. The summed E-state index contributed by atoms with van der Waals surface area (Å²) in [5.41, 5.74) is 8.02. The van der Waals surface area contributed by atoms with Gasteiger partial charge in [0.1, 0.15) is 0 Å². The summed E-state index contributed by atoms with van der Waals surface area (Å²) in [4.78, 5) is 0. The van der Waals surface area contributed by atoms with Crippen molar-refractivity contribution in [1.82, 2.24) is 0 Å². The smallest absolute Gasteiger partial charge is 0.268 e. The van der Waals surface area contributed by atoms with Gasteiger partial charge in [-0.3, -0.25) is 4.55 Å². The van der Waals surface area contributed by atoms with E-state index in [9.17, 15) is 13.0 Å². The summed E-state index contributed by atoms with van der Waals surface area (Å²) >= 11 is 0. The molecule has 1 aliphatic carbocycles. The van der Waals surface area contributed by atoms with E-state index in [1.165, 1.54) is 5.57 Å². The van der Waals surface area contributed by atoms with Crippen LogP contribution in [-0.4, -0.2) is 24.3 Å². The normalized spacial score (nSPS) is 29.3. The summed E-state index contributed by atoms with van der Waals surface area (Å²) < 4.78 is 31.9. The molecule has 5 heteroatoms. The molecule has 3 N–H and O–H groups in total. The van der Waals surface area contributed by atoms with Crippen LogP contribution in [0.4, 0.5) is 0 Å². The highest BCUT2D eigenvalue weighted by atomic mass is 32.2. The lowest BCUT2D eigenvalue weighted by Crippen LogP contribution is -2.36. The average molecular weight is 247 g/mol. The van der Waals surface area contributed by atoms with Gasteiger partial charge in [0.2, 0.25) is 0 Å². The Morgan fingerprint density at radius 1 is 1.38 bits per heavy atom. The summed E-state index contributed by atoms with van der Waals surface area (Å²) in [6.07, 6.45) is 1.79. The molecule has 0 fully saturated rings.